The van der Waals surface area contributed by atoms with Gasteiger partial charge < -0.3 is 0 Å². The minimum atomic E-state index is 0.0729. The van der Waals surface area contributed by atoms with Crippen molar-refractivity contribution < 1.29 is 0 Å². The Hall–Kier alpha value is 0.400. The third-order valence-corrected chi connectivity index (χ3v) is 1.51. The molecule has 0 aromatic heterocycles. The molecular weight excluding hydrogens is 168 g/mol. The highest BCUT2D eigenvalue weighted by atomic mass is 79.9. The Labute approximate surface area is 58.9 Å². The van der Waals surface area contributed by atoms with Gasteiger partial charge in [0.2, 0.25) is 0 Å². The minimum absolute atomic E-state index is 0.0729. The second-order valence-corrected chi connectivity index (χ2v) is 3.26. The van der Waals surface area contributed by atoms with E-state index in [1.807, 2.05) is 0 Å². The van der Waals surface area contributed by atoms with Crippen LogP contribution in [-0.2, 0) is 0 Å². The summed E-state index contributed by atoms with van der Waals surface area (Å²) in [5.74, 6) is 5.22. The van der Waals surface area contributed by atoms with Crippen molar-refractivity contribution in [2.75, 3.05) is 5.33 Å². The van der Waals surface area contributed by atoms with Gasteiger partial charge in [-0.3, -0.25) is 11.3 Å². The zero-order valence-corrected chi connectivity index (χ0v) is 6.96. The molecular formula is C5H13BrN2. The third kappa shape index (κ3) is 3.41. The van der Waals surface area contributed by atoms with Crippen molar-refractivity contribution in [1.29, 1.82) is 0 Å². The second-order valence-electron chi connectivity index (χ2n) is 2.47. The third-order valence-electron chi connectivity index (χ3n) is 1.11. The van der Waals surface area contributed by atoms with E-state index >= 15 is 0 Å². The van der Waals surface area contributed by atoms with Crippen molar-refractivity contribution in [2.45, 2.75) is 25.8 Å². The van der Waals surface area contributed by atoms with Crippen LogP contribution in [0.4, 0.5) is 0 Å². The van der Waals surface area contributed by atoms with Crippen LogP contribution in [0.1, 0.15) is 20.3 Å². The van der Waals surface area contributed by atoms with E-state index in [1.165, 1.54) is 0 Å². The van der Waals surface area contributed by atoms with E-state index < -0.39 is 0 Å². The van der Waals surface area contributed by atoms with Gasteiger partial charge in [0.15, 0.2) is 0 Å². The van der Waals surface area contributed by atoms with Gasteiger partial charge >= 0.3 is 0 Å². The lowest BCUT2D eigenvalue weighted by atomic mass is 10.0. The molecule has 0 aliphatic rings. The number of nitrogens with one attached hydrogen (secondary N) is 1. The first-order chi connectivity index (χ1) is 3.62. The molecule has 0 radical (unpaired) electrons. The molecule has 0 saturated carbocycles. The number of rotatable bonds is 3. The first-order valence-electron chi connectivity index (χ1n) is 2.66. The molecule has 0 aromatic rings. The number of hydrogen-bond donors (Lipinski definition) is 2. The van der Waals surface area contributed by atoms with Crippen LogP contribution in [0.15, 0.2) is 0 Å². The van der Waals surface area contributed by atoms with Gasteiger partial charge in [0.05, 0.1) is 0 Å². The second kappa shape index (κ2) is 3.43. The average Bonchev–Trinajstić information content (AvgIpc) is 1.67. The van der Waals surface area contributed by atoms with Gasteiger partial charge in [0.25, 0.3) is 0 Å². The van der Waals surface area contributed by atoms with E-state index in [-0.39, 0.29) is 5.54 Å². The summed E-state index contributed by atoms with van der Waals surface area (Å²) in [5, 5.41) is 0.990. The van der Waals surface area contributed by atoms with E-state index in [4.69, 9.17) is 5.84 Å². The highest BCUT2D eigenvalue weighted by molar-refractivity contribution is 9.09. The zero-order chi connectivity index (χ0) is 6.62. The lowest BCUT2D eigenvalue weighted by Gasteiger charge is -2.21. The molecule has 0 heterocycles. The van der Waals surface area contributed by atoms with Crippen LogP contribution in [0.5, 0.6) is 0 Å². The summed E-state index contributed by atoms with van der Waals surface area (Å²) in [5.41, 5.74) is 2.79. The lowest BCUT2D eigenvalue weighted by molar-refractivity contribution is 0.389. The predicted molar refractivity (Wildman–Crippen MR) is 39.8 cm³/mol. The van der Waals surface area contributed by atoms with Crippen LogP contribution in [0.2, 0.25) is 0 Å². The molecule has 8 heavy (non-hydrogen) atoms. The van der Waals surface area contributed by atoms with Crippen molar-refractivity contribution in [2.24, 2.45) is 5.84 Å². The summed E-state index contributed by atoms with van der Waals surface area (Å²) in [6.45, 7) is 4.13. The summed E-state index contributed by atoms with van der Waals surface area (Å²) >= 11 is 3.33. The molecule has 0 bridgehead atoms. The monoisotopic (exact) mass is 180 g/mol. The Kier molecular flexibility index (Phi) is 3.60. The van der Waals surface area contributed by atoms with Gasteiger partial charge in [-0.05, 0) is 20.3 Å². The van der Waals surface area contributed by atoms with E-state index in [2.05, 4.69) is 35.2 Å². The minimum Gasteiger partial charge on any atom is -0.271 e. The smallest absolute Gasteiger partial charge is 0.0273 e. The van der Waals surface area contributed by atoms with Crippen LogP contribution in [0.3, 0.4) is 0 Å². The fourth-order valence-corrected chi connectivity index (χ4v) is 1.30. The molecule has 0 rings (SSSR count). The molecule has 0 spiro atoms. The number of hydrogen-bond acceptors (Lipinski definition) is 2. The van der Waals surface area contributed by atoms with Crippen molar-refractivity contribution in [3.8, 4) is 0 Å². The standard InChI is InChI=1S/C5H13BrN2/c1-5(2,8-7)3-4-6/h8H,3-4,7H2,1-2H3. The Morgan fingerprint density at radius 2 is 2.12 bits per heavy atom. The van der Waals surface area contributed by atoms with Crippen molar-refractivity contribution in [3.63, 3.8) is 0 Å². The van der Waals surface area contributed by atoms with Gasteiger partial charge in [-0.2, -0.15) is 0 Å². The van der Waals surface area contributed by atoms with Gasteiger partial charge in [-0.15, -0.1) is 0 Å². The maximum atomic E-state index is 5.22. The summed E-state index contributed by atoms with van der Waals surface area (Å²) < 4.78 is 0. The first kappa shape index (κ1) is 8.40. The molecule has 0 saturated heterocycles. The molecule has 3 heteroatoms. The SMILES string of the molecule is CC(C)(CCBr)NN. The van der Waals surface area contributed by atoms with Crippen molar-refractivity contribution >= 4 is 15.9 Å². The largest absolute Gasteiger partial charge is 0.271 e. The molecule has 0 atom stereocenters. The molecule has 0 amide bonds. The Bertz CT molecular complexity index is 63.4. The van der Waals surface area contributed by atoms with Crippen molar-refractivity contribution in [3.05, 3.63) is 0 Å². The van der Waals surface area contributed by atoms with E-state index in [1.54, 1.807) is 0 Å². The maximum absolute atomic E-state index is 5.22. The Morgan fingerprint density at radius 1 is 1.62 bits per heavy atom. The quantitative estimate of drug-likeness (QED) is 0.387. The average molecular weight is 181 g/mol. The molecule has 0 aliphatic heterocycles. The number of nitrogens with two attached hydrogens (primary N) is 1. The van der Waals surface area contributed by atoms with Gasteiger partial charge in [-0.1, -0.05) is 15.9 Å². The number of alkyl halides is 1. The molecule has 0 unspecified atom stereocenters. The first-order valence-corrected chi connectivity index (χ1v) is 3.78. The maximum Gasteiger partial charge on any atom is 0.0273 e. The molecule has 2 nitrogen and oxygen atoms in total. The fourth-order valence-electron chi connectivity index (χ4n) is 0.308. The van der Waals surface area contributed by atoms with Crippen LogP contribution in [-0.4, -0.2) is 10.9 Å². The van der Waals surface area contributed by atoms with Gasteiger partial charge in [0, 0.05) is 10.9 Å². The van der Waals surface area contributed by atoms with Gasteiger partial charge in [-0.25, -0.2) is 0 Å². The lowest BCUT2D eigenvalue weighted by Crippen LogP contribution is -2.44. The van der Waals surface area contributed by atoms with E-state index in [0.717, 1.165) is 11.8 Å². The van der Waals surface area contributed by atoms with Crippen LogP contribution < -0.4 is 11.3 Å². The van der Waals surface area contributed by atoms with Crippen LogP contribution >= 0.6 is 15.9 Å². The molecule has 0 aliphatic carbocycles. The fraction of sp³-hybridized carbons (Fsp3) is 1.00. The Morgan fingerprint density at radius 3 is 2.25 bits per heavy atom. The molecule has 50 valence electrons. The number of halogens is 1. The van der Waals surface area contributed by atoms with Crippen molar-refractivity contribution in [1.82, 2.24) is 5.43 Å². The Balaban J connectivity index is 3.37. The van der Waals surface area contributed by atoms with Gasteiger partial charge in [0.1, 0.15) is 0 Å². The summed E-state index contributed by atoms with van der Waals surface area (Å²) in [4.78, 5) is 0. The van der Waals surface area contributed by atoms with E-state index in [0.29, 0.717) is 0 Å². The zero-order valence-electron chi connectivity index (χ0n) is 5.37. The predicted octanol–water partition coefficient (Wildman–Crippen LogP) is 1.01. The topological polar surface area (TPSA) is 38.0 Å². The molecule has 3 N–H and O–H groups in total. The summed E-state index contributed by atoms with van der Waals surface area (Å²) in [7, 11) is 0. The van der Waals surface area contributed by atoms with Crippen LogP contribution in [0.25, 0.3) is 0 Å². The summed E-state index contributed by atoms with van der Waals surface area (Å²) in [6.07, 6.45) is 1.05. The number of hydrazine groups is 1. The highest BCUT2D eigenvalue weighted by Gasteiger charge is 2.12. The highest BCUT2D eigenvalue weighted by Crippen LogP contribution is 2.07. The van der Waals surface area contributed by atoms with E-state index in [9.17, 15) is 0 Å². The normalized spacial score (nSPS) is 12.0. The molecule has 0 aromatic carbocycles. The van der Waals surface area contributed by atoms with Crippen LogP contribution in [0, 0.1) is 0 Å². The molecule has 0 fully saturated rings. The summed E-state index contributed by atoms with van der Waals surface area (Å²) in [6, 6.07) is 0.